The van der Waals surface area contributed by atoms with Crippen molar-refractivity contribution in [2.75, 3.05) is 11.5 Å². The first-order valence-electron chi connectivity index (χ1n) is 14.2. The molecule has 2 saturated heterocycles. The van der Waals surface area contributed by atoms with Crippen LogP contribution in [-0.2, 0) is 14.2 Å². The number of hydrogen-bond acceptors (Lipinski definition) is 6. The SMILES string of the molecule is O=C1[C@@H]2[C@@H](CC(CO)=C3[C@@H](CC/C(=C/c4cc(Br)ccc4O)c4ccccc4)OB(O)C[C@@H]32)C(=O)N1c1ccccc1. The van der Waals surface area contributed by atoms with Crippen molar-refractivity contribution in [1.29, 1.82) is 0 Å². The van der Waals surface area contributed by atoms with E-state index in [1.165, 1.54) is 4.90 Å². The van der Waals surface area contributed by atoms with Crippen molar-refractivity contribution < 1.29 is 29.5 Å². The minimum Gasteiger partial charge on any atom is -0.507 e. The zero-order chi connectivity index (χ0) is 29.4. The van der Waals surface area contributed by atoms with Gasteiger partial charge in [0.15, 0.2) is 0 Å². The van der Waals surface area contributed by atoms with Gasteiger partial charge in [0.25, 0.3) is 0 Å². The van der Waals surface area contributed by atoms with Crippen molar-refractivity contribution in [2.24, 2.45) is 17.8 Å². The molecule has 7 nitrogen and oxygen atoms in total. The van der Waals surface area contributed by atoms with Crippen LogP contribution in [0.1, 0.15) is 30.4 Å². The Hall–Kier alpha value is -3.50. The molecule has 3 aromatic carbocycles. The molecule has 6 rings (SSSR count). The highest BCUT2D eigenvalue weighted by atomic mass is 79.9. The Morgan fingerprint density at radius 2 is 1.71 bits per heavy atom. The fraction of sp³-hybridized carbons (Fsp3) is 0.273. The maximum atomic E-state index is 13.8. The molecule has 4 atom stereocenters. The molecule has 9 heteroatoms. The van der Waals surface area contributed by atoms with Crippen molar-refractivity contribution in [3.63, 3.8) is 0 Å². The monoisotopic (exact) mass is 627 g/mol. The van der Waals surface area contributed by atoms with E-state index >= 15 is 0 Å². The molecule has 2 heterocycles. The molecule has 0 unspecified atom stereocenters. The fourth-order valence-corrected chi connectivity index (χ4v) is 7.19. The van der Waals surface area contributed by atoms with Crippen molar-refractivity contribution in [2.45, 2.75) is 31.7 Å². The molecule has 2 fully saturated rings. The summed E-state index contributed by atoms with van der Waals surface area (Å²) in [5.74, 6) is -1.99. The van der Waals surface area contributed by atoms with E-state index in [0.717, 1.165) is 21.2 Å². The van der Waals surface area contributed by atoms with E-state index in [9.17, 15) is 24.8 Å². The number of imide groups is 1. The van der Waals surface area contributed by atoms with Crippen molar-refractivity contribution in [3.8, 4) is 5.75 Å². The van der Waals surface area contributed by atoms with Crippen LogP contribution < -0.4 is 4.90 Å². The zero-order valence-electron chi connectivity index (χ0n) is 22.9. The summed E-state index contributed by atoms with van der Waals surface area (Å²) in [6, 6.07) is 24.0. The van der Waals surface area contributed by atoms with Gasteiger partial charge in [0.1, 0.15) is 5.75 Å². The van der Waals surface area contributed by atoms with E-state index in [4.69, 9.17) is 4.65 Å². The predicted molar refractivity (Wildman–Crippen MR) is 165 cm³/mol. The summed E-state index contributed by atoms with van der Waals surface area (Å²) < 4.78 is 6.92. The minimum atomic E-state index is -1.10. The Morgan fingerprint density at radius 1 is 1.00 bits per heavy atom. The average molecular weight is 628 g/mol. The number of benzene rings is 3. The molecule has 3 aromatic rings. The fourth-order valence-electron chi connectivity index (χ4n) is 6.81. The van der Waals surface area contributed by atoms with Gasteiger partial charge in [-0.3, -0.25) is 14.5 Å². The number of anilines is 1. The number of aliphatic hydroxyl groups is 1. The first-order valence-corrected chi connectivity index (χ1v) is 15.0. The van der Waals surface area contributed by atoms with Gasteiger partial charge in [0.2, 0.25) is 11.8 Å². The summed E-state index contributed by atoms with van der Waals surface area (Å²) in [5, 5.41) is 31.8. The number of carbonyl (C=O) groups excluding carboxylic acids is 2. The lowest BCUT2D eigenvalue weighted by Gasteiger charge is -2.43. The number of aromatic hydroxyl groups is 1. The van der Waals surface area contributed by atoms with Crippen molar-refractivity contribution in [1.82, 2.24) is 0 Å². The van der Waals surface area contributed by atoms with Gasteiger partial charge in [-0.2, -0.15) is 0 Å². The van der Waals surface area contributed by atoms with Crippen LogP contribution in [0.25, 0.3) is 11.6 Å². The van der Waals surface area contributed by atoms with Crippen molar-refractivity contribution >= 4 is 52.2 Å². The summed E-state index contributed by atoms with van der Waals surface area (Å²) >= 11 is 3.48. The first-order chi connectivity index (χ1) is 20.4. The third-order valence-electron chi connectivity index (χ3n) is 8.65. The van der Waals surface area contributed by atoms with Gasteiger partial charge in [-0.1, -0.05) is 64.5 Å². The molecule has 2 aliphatic heterocycles. The van der Waals surface area contributed by atoms with Gasteiger partial charge in [-0.15, -0.1) is 0 Å². The quantitative estimate of drug-likeness (QED) is 0.139. The summed E-state index contributed by atoms with van der Waals surface area (Å²) in [4.78, 5) is 28.6. The van der Waals surface area contributed by atoms with Gasteiger partial charge in [-0.25, -0.2) is 0 Å². The van der Waals surface area contributed by atoms with Crippen LogP contribution in [0.5, 0.6) is 5.75 Å². The largest absolute Gasteiger partial charge is 0.507 e. The van der Waals surface area contributed by atoms with E-state index in [2.05, 4.69) is 15.9 Å². The average Bonchev–Trinajstić information content (AvgIpc) is 3.26. The number of fused-ring (bicyclic) bond motifs is 3. The highest BCUT2D eigenvalue weighted by Crippen LogP contribution is 2.51. The number of amides is 2. The van der Waals surface area contributed by atoms with Gasteiger partial charge < -0.3 is 19.9 Å². The van der Waals surface area contributed by atoms with E-state index in [-0.39, 0.29) is 36.9 Å². The number of allylic oxidation sites excluding steroid dienone is 1. The van der Waals surface area contributed by atoms with Crippen LogP contribution in [0, 0.1) is 17.8 Å². The number of phenolic OH excluding ortho intramolecular Hbond substituents is 1. The maximum Gasteiger partial charge on any atom is 0.455 e. The summed E-state index contributed by atoms with van der Waals surface area (Å²) in [6.45, 7) is -0.245. The van der Waals surface area contributed by atoms with Gasteiger partial charge in [0, 0.05) is 10.0 Å². The highest BCUT2D eigenvalue weighted by molar-refractivity contribution is 9.10. The van der Waals surface area contributed by atoms with Crippen molar-refractivity contribution in [3.05, 3.63) is 106 Å². The summed E-state index contributed by atoms with van der Waals surface area (Å²) in [6.07, 6.45) is 2.89. The number of aliphatic hydroxyl groups excluding tert-OH is 1. The highest BCUT2D eigenvalue weighted by Gasteiger charge is 2.57. The van der Waals surface area contributed by atoms with Crippen LogP contribution in [0.4, 0.5) is 5.69 Å². The van der Waals surface area contributed by atoms with Crippen LogP contribution in [-0.4, -0.2) is 46.9 Å². The molecular formula is C33H31BBrNO6. The molecule has 3 N–H and O–H groups in total. The van der Waals surface area contributed by atoms with Crippen LogP contribution in [0.15, 0.2) is 94.5 Å². The summed E-state index contributed by atoms with van der Waals surface area (Å²) in [5.41, 5.74) is 4.69. The second-order valence-electron chi connectivity index (χ2n) is 11.1. The summed E-state index contributed by atoms with van der Waals surface area (Å²) in [7, 11) is -1.10. The smallest absolute Gasteiger partial charge is 0.455 e. The third-order valence-corrected chi connectivity index (χ3v) is 9.15. The van der Waals surface area contributed by atoms with E-state index < -0.39 is 31.0 Å². The molecule has 42 heavy (non-hydrogen) atoms. The number of rotatable bonds is 7. The molecule has 0 bridgehead atoms. The lowest BCUT2D eigenvalue weighted by Crippen LogP contribution is -2.46. The maximum absolute atomic E-state index is 13.8. The van der Waals surface area contributed by atoms with Crippen LogP contribution in [0.3, 0.4) is 0 Å². The van der Waals surface area contributed by atoms with Crippen LogP contribution >= 0.6 is 15.9 Å². The number of para-hydroxylation sites is 1. The molecule has 0 spiro atoms. The Bertz CT molecular complexity index is 1560. The Labute approximate surface area is 253 Å². The normalized spacial score (nSPS) is 24.2. The molecule has 0 radical (unpaired) electrons. The first kappa shape index (κ1) is 28.6. The third kappa shape index (κ3) is 5.38. The lowest BCUT2D eigenvalue weighted by atomic mass is 9.58. The number of halogens is 1. The number of carbonyl (C=O) groups is 2. The Morgan fingerprint density at radius 3 is 2.43 bits per heavy atom. The van der Waals surface area contributed by atoms with Gasteiger partial charge in [0.05, 0.1) is 30.2 Å². The predicted octanol–water partition coefficient (Wildman–Crippen LogP) is 5.47. The molecule has 2 amide bonds. The van der Waals surface area contributed by atoms with E-state index in [1.807, 2.05) is 48.5 Å². The molecule has 3 aliphatic rings. The molecule has 0 saturated carbocycles. The minimum absolute atomic E-state index is 0.159. The second kappa shape index (κ2) is 12.0. The standard InChI is InChI=1S/C33H31BBrNO6/c35-24-12-13-28(38)22(16-24)15-21(20-7-3-1-4-8-20)11-14-29-30-23(19-37)17-26-31(27(30)18-34(41)42-29)33(40)36(32(26)39)25-9-5-2-6-10-25/h1-10,12-13,15-16,26-27,29,31,37-38,41H,11,14,17-19H2/b21-15-/t26-,27+,29-,31-/m1/s1. The van der Waals surface area contributed by atoms with Crippen LogP contribution in [0.2, 0.25) is 6.32 Å². The molecule has 1 aliphatic carbocycles. The Balaban J connectivity index is 1.32. The number of nitrogens with zero attached hydrogens (tertiary/aromatic N) is 1. The molecule has 0 aromatic heterocycles. The van der Waals surface area contributed by atoms with E-state index in [0.29, 0.717) is 29.7 Å². The number of phenols is 1. The topological polar surface area (TPSA) is 107 Å². The molecular weight excluding hydrogens is 597 g/mol. The van der Waals surface area contributed by atoms with E-state index in [1.54, 1.807) is 36.4 Å². The Kier molecular flexibility index (Phi) is 8.18. The number of hydrogen-bond donors (Lipinski definition) is 3. The zero-order valence-corrected chi connectivity index (χ0v) is 24.5. The lowest BCUT2D eigenvalue weighted by molar-refractivity contribution is -0.122. The molecule has 214 valence electrons. The second-order valence-corrected chi connectivity index (χ2v) is 12.0. The van der Waals surface area contributed by atoms with Gasteiger partial charge in [-0.05, 0) is 90.2 Å². The van der Waals surface area contributed by atoms with Gasteiger partial charge >= 0.3 is 7.12 Å².